The van der Waals surface area contributed by atoms with Gasteiger partial charge >= 0.3 is 0 Å². The van der Waals surface area contributed by atoms with E-state index in [9.17, 15) is 0 Å². The summed E-state index contributed by atoms with van der Waals surface area (Å²) >= 11 is 0. The van der Waals surface area contributed by atoms with Crippen LogP contribution in [0.15, 0.2) is 0 Å². The minimum absolute atomic E-state index is 0.255. The number of hydrogen-bond acceptors (Lipinski definition) is 4. The van der Waals surface area contributed by atoms with Crippen LogP contribution < -0.4 is 5.32 Å². The molecule has 0 saturated carbocycles. The summed E-state index contributed by atoms with van der Waals surface area (Å²) in [5.41, 5.74) is 0. The molecule has 0 aromatic carbocycles. The summed E-state index contributed by atoms with van der Waals surface area (Å²) in [5, 5.41) is 3.39. The van der Waals surface area contributed by atoms with Crippen molar-refractivity contribution in [2.45, 2.75) is 46.3 Å². The van der Waals surface area contributed by atoms with Crippen LogP contribution in [0, 0.1) is 5.92 Å². The molecule has 19 heavy (non-hydrogen) atoms. The second kappa shape index (κ2) is 9.70. The highest BCUT2D eigenvalue weighted by atomic mass is 16.5. The molecule has 0 amide bonds. The van der Waals surface area contributed by atoms with Crippen LogP contribution in [-0.4, -0.2) is 63.0 Å². The van der Waals surface area contributed by atoms with Crippen molar-refractivity contribution in [3.8, 4) is 0 Å². The molecule has 4 nitrogen and oxygen atoms in total. The molecule has 0 radical (unpaired) electrons. The van der Waals surface area contributed by atoms with Crippen LogP contribution in [0.2, 0.25) is 0 Å². The maximum absolute atomic E-state index is 5.75. The van der Waals surface area contributed by atoms with Crippen molar-refractivity contribution in [3.63, 3.8) is 0 Å². The largest absolute Gasteiger partial charge is 0.379 e. The van der Waals surface area contributed by atoms with Crippen LogP contribution in [0.25, 0.3) is 0 Å². The fraction of sp³-hybridized carbons (Fsp3) is 1.00. The van der Waals surface area contributed by atoms with Gasteiger partial charge in [0.15, 0.2) is 0 Å². The van der Waals surface area contributed by atoms with E-state index in [0.29, 0.717) is 6.04 Å². The molecule has 1 aliphatic rings. The first kappa shape index (κ1) is 16.9. The molecule has 4 heteroatoms. The molecule has 1 saturated heterocycles. The smallest absolute Gasteiger partial charge is 0.0935 e. The van der Waals surface area contributed by atoms with Crippen LogP contribution in [0.5, 0.6) is 0 Å². The molecule has 0 aliphatic carbocycles. The molecule has 0 bridgehead atoms. The Labute approximate surface area is 118 Å². The van der Waals surface area contributed by atoms with Crippen molar-refractivity contribution in [3.05, 3.63) is 0 Å². The van der Waals surface area contributed by atoms with Crippen LogP contribution in [-0.2, 0) is 9.47 Å². The maximum atomic E-state index is 5.75. The third-order valence-electron chi connectivity index (χ3n) is 3.17. The normalized spacial score (nSPS) is 21.5. The number of hydrogen-bond donors (Lipinski definition) is 1. The lowest BCUT2D eigenvalue weighted by Gasteiger charge is -2.33. The van der Waals surface area contributed by atoms with Crippen molar-refractivity contribution < 1.29 is 9.47 Å². The van der Waals surface area contributed by atoms with Crippen LogP contribution in [0.1, 0.15) is 34.1 Å². The average Bonchev–Trinajstić information content (AvgIpc) is 2.33. The SMILES string of the molecule is CC(C)CN1CCO[C@@H](COCCCNC(C)C)C1. The Balaban J connectivity index is 2.02. The van der Waals surface area contributed by atoms with Gasteiger partial charge in [0.2, 0.25) is 0 Å². The molecule has 0 spiro atoms. The minimum atomic E-state index is 0.255. The van der Waals surface area contributed by atoms with E-state index in [-0.39, 0.29) is 6.10 Å². The maximum Gasteiger partial charge on any atom is 0.0935 e. The summed E-state index contributed by atoms with van der Waals surface area (Å²) in [6, 6.07) is 0.561. The highest BCUT2D eigenvalue weighted by Crippen LogP contribution is 2.08. The molecule has 0 aromatic rings. The summed E-state index contributed by atoms with van der Waals surface area (Å²) in [6.45, 7) is 15.5. The second-order valence-electron chi connectivity index (χ2n) is 6.18. The van der Waals surface area contributed by atoms with Gasteiger partial charge in [-0.05, 0) is 18.9 Å². The molecule has 0 unspecified atom stereocenters. The fourth-order valence-electron chi connectivity index (χ4n) is 2.34. The third kappa shape index (κ3) is 8.58. The van der Waals surface area contributed by atoms with Gasteiger partial charge in [0.25, 0.3) is 0 Å². The number of ether oxygens (including phenoxy) is 2. The Morgan fingerprint density at radius 2 is 2.11 bits per heavy atom. The van der Waals surface area contributed by atoms with Gasteiger partial charge in [0.05, 0.1) is 19.3 Å². The topological polar surface area (TPSA) is 33.7 Å². The van der Waals surface area contributed by atoms with E-state index in [1.807, 2.05) is 0 Å². The Hall–Kier alpha value is -0.160. The quantitative estimate of drug-likeness (QED) is 0.648. The van der Waals surface area contributed by atoms with Crippen LogP contribution >= 0.6 is 0 Å². The first-order chi connectivity index (χ1) is 9.08. The van der Waals surface area contributed by atoms with E-state index in [2.05, 4.69) is 37.9 Å². The van der Waals surface area contributed by atoms with Gasteiger partial charge in [0, 0.05) is 32.3 Å². The molecular weight excluding hydrogens is 240 g/mol. The molecular formula is C15H32N2O2. The number of rotatable bonds is 9. The second-order valence-corrected chi connectivity index (χ2v) is 6.18. The Morgan fingerprint density at radius 1 is 1.32 bits per heavy atom. The number of morpholine rings is 1. The molecule has 114 valence electrons. The highest BCUT2D eigenvalue weighted by molar-refractivity contribution is 4.72. The molecule has 1 rings (SSSR count). The first-order valence-electron chi connectivity index (χ1n) is 7.73. The Kier molecular flexibility index (Phi) is 8.62. The summed E-state index contributed by atoms with van der Waals surface area (Å²) in [6.07, 6.45) is 1.33. The molecule has 1 atom stereocenters. The van der Waals surface area contributed by atoms with E-state index in [1.54, 1.807) is 0 Å². The van der Waals surface area contributed by atoms with Crippen LogP contribution in [0.4, 0.5) is 0 Å². The van der Waals surface area contributed by atoms with Crippen molar-refractivity contribution in [2.75, 3.05) is 46.0 Å². The molecule has 1 heterocycles. The lowest BCUT2D eigenvalue weighted by molar-refractivity contribution is -0.0712. The third-order valence-corrected chi connectivity index (χ3v) is 3.17. The molecule has 1 fully saturated rings. The lowest BCUT2D eigenvalue weighted by Crippen LogP contribution is -2.45. The zero-order chi connectivity index (χ0) is 14.1. The van der Waals surface area contributed by atoms with Gasteiger partial charge in [-0.3, -0.25) is 4.90 Å². The molecule has 1 aliphatic heterocycles. The number of nitrogens with one attached hydrogen (secondary N) is 1. The van der Waals surface area contributed by atoms with E-state index in [1.165, 1.54) is 0 Å². The van der Waals surface area contributed by atoms with Gasteiger partial charge in [-0.1, -0.05) is 27.7 Å². The summed E-state index contributed by atoms with van der Waals surface area (Å²) in [7, 11) is 0. The Bertz CT molecular complexity index is 222. The lowest BCUT2D eigenvalue weighted by atomic mass is 10.2. The summed E-state index contributed by atoms with van der Waals surface area (Å²) in [5.74, 6) is 0.724. The first-order valence-corrected chi connectivity index (χ1v) is 7.73. The summed E-state index contributed by atoms with van der Waals surface area (Å²) < 4.78 is 11.5. The standard InChI is InChI=1S/C15H32N2O2/c1-13(2)10-17-7-9-19-15(11-17)12-18-8-5-6-16-14(3)4/h13-16H,5-12H2,1-4H3/t15-/m1/s1. The van der Waals surface area contributed by atoms with E-state index in [0.717, 1.165) is 58.3 Å². The van der Waals surface area contributed by atoms with Gasteiger partial charge < -0.3 is 14.8 Å². The van der Waals surface area contributed by atoms with E-state index < -0.39 is 0 Å². The number of nitrogens with zero attached hydrogens (tertiary/aromatic N) is 1. The zero-order valence-electron chi connectivity index (χ0n) is 13.2. The van der Waals surface area contributed by atoms with Gasteiger partial charge in [-0.15, -0.1) is 0 Å². The fourth-order valence-corrected chi connectivity index (χ4v) is 2.34. The van der Waals surface area contributed by atoms with Gasteiger partial charge in [0.1, 0.15) is 0 Å². The molecule has 1 N–H and O–H groups in total. The van der Waals surface area contributed by atoms with E-state index in [4.69, 9.17) is 9.47 Å². The predicted octanol–water partition coefficient (Wildman–Crippen LogP) is 1.75. The Morgan fingerprint density at radius 3 is 2.79 bits per heavy atom. The van der Waals surface area contributed by atoms with Crippen molar-refractivity contribution in [2.24, 2.45) is 5.92 Å². The highest BCUT2D eigenvalue weighted by Gasteiger charge is 2.20. The van der Waals surface area contributed by atoms with Gasteiger partial charge in [-0.2, -0.15) is 0 Å². The predicted molar refractivity (Wildman–Crippen MR) is 79.6 cm³/mol. The van der Waals surface area contributed by atoms with Gasteiger partial charge in [-0.25, -0.2) is 0 Å². The average molecular weight is 272 g/mol. The van der Waals surface area contributed by atoms with Crippen molar-refractivity contribution >= 4 is 0 Å². The van der Waals surface area contributed by atoms with Crippen molar-refractivity contribution in [1.29, 1.82) is 0 Å². The molecule has 0 aromatic heterocycles. The zero-order valence-corrected chi connectivity index (χ0v) is 13.2. The van der Waals surface area contributed by atoms with Crippen molar-refractivity contribution in [1.82, 2.24) is 10.2 Å². The monoisotopic (exact) mass is 272 g/mol. The minimum Gasteiger partial charge on any atom is -0.379 e. The van der Waals surface area contributed by atoms with E-state index >= 15 is 0 Å². The summed E-state index contributed by atoms with van der Waals surface area (Å²) in [4.78, 5) is 2.49. The van der Waals surface area contributed by atoms with Crippen LogP contribution in [0.3, 0.4) is 0 Å².